The topological polar surface area (TPSA) is 0 Å². The van der Waals surface area contributed by atoms with Crippen LogP contribution >= 0.6 is 11.6 Å². The Labute approximate surface area is 87.4 Å². The maximum atomic E-state index is 6.02. The van der Waals surface area contributed by atoms with Gasteiger partial charge in [-0.1, -0.05) is 37.8 Å². The van der Waals surface area contributed by atoms with Crippen LogP contribution in [0.1, 0.15) is 58.3 Å². The summed E-state index contributed by atoms with van der Waals surface area (Å²) < 4.78 is 0. The molecule has 1 heteroatoms. The highest BCUT2D eigenvalue weighted by atomic mass is 35.5. The average molecular weight is 201 g/mol. The van der Waals surface area contributed by atoms with Crippen LogP contribution in [0.3, 0.4) is 0 Å². The molecule has 0 N–H and O–H groups in total. The molecular weight excluding hydrogens is 180 g/mol. The van der Waals surface area contributed by atoms with Crippen LogP contribution in [0.2, 0.25) is 0 Å². The number of alkyl halides is 1. The molecule has 76 valence electrons. The fraction of sp³-hybridized carbons (Fsp3) is 0.833. The third-order valence-electron chi connectivity index (χ3n) is 2.79. The minimum Gasteiger partial charge on any atom is -0.123 e. The van der Waals surface area contributed by atoms with Gasteiger partial charge in [0.05, 0.1) is 0 Å². The van der Waals surface area contributed by atoms with Crippen LogP contribution in [-0.4, -0.2) is 5.38 Å². The van der Waals surface area contributed by atoms with Crippen molar-refractivity contribution in [2.45, 2.75) is 63.7 Å². The lowest BCUT2D eigenvalue weighted by molar-refractivity contribution is 0.625. The van der Waals surface area contributed by atoms with Gasteiger partial charge < -0.3 is 0 Å². The maximum Gasteiger partial charge on any atom is 0.0373 e. The van der Waals surface area contributed by atoms with Crippen molar-refractivity contribution in [3.63, 3.8) is 0 Å². The van der Waals surface area contributed by atoms with Crippen LogP contribution in [0.25, 0.3) is 0 Å². The van der Waals surface area contributed by atoms with Gasteiger partial charge in [-0.25, -0.2) is 0 Å². The monoisotopic (exact) mass is 200 g/mol. The molecule has 0 bridgehead atoms. The van der Waals surface area contributed by atoms with Crippen molar-refractivity contribution in [3.8, 4) is 0 Å². The van der Waals surface area contributed by atoms with Crippen molar-refractivity contribution >= 4 is 11.6 Å². The number of hydrogen-bond acceptors (Lipinski definition) is 0. The summed E-state index contributed by atoms with van der Waals surface area (Å²) in [7, 11) is 0. The second-order valence-corrected chi connectivity index (χ2v) is 4.66. The SMILES string of the molecule is CCCCCCC1=CCC(Cl)CC1. The molecule has 1 unspecified atom stereocenters. The standard InChI is InChI=1S/C12H21Cl/c1-2-3-4-5-6-11-7-9-12(13)10-8-11/h7,12H,2-6,8-10H2,1H3. The Morgan fingerprint density at radius 3 is 2.85 bits per heavy atom. The normalized spacial score (nSPS) is 22.9. The number of halogens is 1. The van der Waals surface area contributed by atoms with Gasteiger partial charge in [-0.3, -0.25) is 0 Å². The minimum atomic E-state index is 0.416. The molecule has 0 nitrogen and oxygen atoms in total. The molecule has 0 saturated heterocycles. The van der Waals surface area contributed by atoms with E-state index in [1.807, 2.05) is 0 Å². The molecular formula is C12H21Cl. The highest BCUT2D eigenvalue weighted by Crippen LogP contribution is 2.25. The van der Waals surface area contributed by atoms with Gasteiger partial charge in [0.25, 0.3) is 0 Å². The first-order valence-electron chi connectivity index (χ1n) is 5.65. The summed E-state index contributed by atoms with van der Waals surface area (Å²) in [5.41, 5.74) is 1.66. The smallest absolute Gasteiger partial charge is 0.0373 e. The molecule has 13 heavy (non-hydrogen) atoms. The largest absolute Gasteiger partial charge is 0.123 e. The lowest BCUT2D eigenvalue weighted by Crippen LogP contribution is -2.04. The highest BCUT2D eigenvalue weighted by molar-refractivity contribution is 6.20. The van der Waals surface area contributed by atoms with E-state index < -0.39 is 0 Å². The van der Waals surface area contributed by atoms with E-state index in [9.17, 15) is 0 Å². The van der Waals surface area contributed by atoms with E-state index in [1.165, 1.54) is 44.9 Å². The molecule has 1 rings (SSSR count). The van der Waals surface area contributed by atoms with Gasteiger partial charge in [0.15, 0.2) is 0 Å². The predicted octanol–water partition coefficient (Wildman–Crippen LogP) is 4.67. The summed E-state index contributed by atoms with van der Waals surface area (Å²) >= 11 is 6.02. The minimum absolute atomic E-state index is 0.416. The van der Waals surface area contributed by atoms with Crippen LogP contribution in [0.15, 0.2) is 11.6 Å². The van der Waals surface area contributed by atoms with Gasteiger partial charge in [0, 0.05) is 5.38 Å². The van der Waals surface area contributed by atoms with Gasteiger partial charge in [-0.15, -0.1) is 11.6 Å². The molecule has 0 aromatic rings. The summed E-state index contributed by atoms with van der Waals surface area (Å²) in [4.78, 5) is 0. The molecule has 0 aromatic carbocycles. The molecule has 1 atom stereocenters. The van der Waals surface area contributed by atoms with E-state index in [-0.39, 0.29) is 0 Å². The van der Waals surface area contributed by atoms with E-state index in [0.29, 0.717) is 5.38 Å². The fourth-order valence-electron chi connectivity index (χ4n) is 1.86. The van der Waals surface area contributed by atoms with Crippen molar-refractivity contribution in [2.75, 3.05) is 0 Å². The van der Waals surface area contributed by atoms with Crippen molar-refractivity contribution in [2.24, 2.45) is 0 Å². The Bertz CT molecular complexity index is 161. The molecule has 0 amide bonds. The van der Waals surface area contributed by atoms with Crippen LogP contribution in [0, 0.1) is 0 Å². The zero-order valence-electron chi connectivity index (χ0n) is 8.69. The molecule has 1 aliphatic carbocycles. The van der Waals surface area contributed by atoms with Gasteiger partial charge >= 0.3 is 0 Å². The van der Waals surface area contributed by atoms with Crippen molar-refractivity contribution in [1.82, 2.24) is 0 Å². The van der Waals surface area contributed by atoms with Crippen molar-refractivity contribution in [1.29, 1.82) is 0 Å². The van der Waals surface area contributed by atoms with E-state index in [2.05, 4.69) is 13.0 Å². The molecule has 0 aromatic heterocycles. The Balaban J connectivity index is 2.08. The molecule has 0 saturated carbocycles. The number of rotatable bonds is 5. The highest BCUT2D eigenvalue weighted by Gasteiger charge is 2.10. The van der Waals surface area contributed by atoms with E-state index in [0.717, 1.165) is 6.42 Å². The second kappa shape index (κ2) is 6.48. The van der Waals surface area contributed by atoms with Crippen LogP contribution < -0.4 is 0 Å². The van der Waals surface area contributed by atoms with E-state index >= 15 is 0 Å². The van der Waals surface area contributed by atoms with E-state index in [1.54, 1.807) is 5.57 Å². The van der Waals surface area contributed by atoms with Crippen LogP contribution in [0.5, 0.6) is 0 Å². The first kappa shape index (κ1) is 11.1. The van der Waals surface area contributed by atoms with Crippen molar-refractivity contribution in [3.05, 3.63) is 11.6 Å². The molecule has 0 fully saturated rings. The summed E-state index contributed by atoms with van der Waals surface area (Å²) in [5.74, 6) is 0. The van der Waals surface area contributed by atoms with Gasteiger partial charge in [-0.05, 0) is 32.1 Å². The number of allylic oxidation sites excluding steroid dienone is 2. The first-order chi connectivity index (χ1) is 6.33. The first-order valence-corrected chi connectivity index (χ1v) is 6.08. The Hall–Kier alpha value is 0.0300. The fourth-order valence-corrected chi connectivity index (χ4v) is 2.06. The Kier molecular flexibility index (Phi) is 5.54. The summed E-state index contributed by atoms with van der Waals surface area (Å²) in [6.07, 6.45) is 12.8. The quantitative estimate of drug-likeness (QED) is 0.344. The average Bonchev–Trinajstić information content (AvgIpc) is 2.15. The van der Waals surface area contributed by atoms with Crippen LogP contribution in [0.4, 0.5) is 0 Å². The molecule has 0 heterocycles. The molecule has 0 radical (unpaired) electrons. The zero-order chi connectivity index (χ0) is 9.52. The summed E-state index contributed by atoms with van der Waals surface area (Å²) in [6, 6.07) is 0. The number of hydrogen-bond donors (Lipinski definition) is 0. The van der Waals surface area contributed by atoms with E-state index in [4.69, 9.17) is 11.6 Å². The molecule has 1 aliphatic rings. The molecule has 0 aliphatic heterocycles. The van der Waals surface area contributed by atoms with Gasteiger partial charge in [0.1, 0.15) is 0 Å². The molecule has 0 spiro atoms. The van der Waals surface area contributed by atoms with Crippen molar-refractivity contribution < 1.29 is 0 Å². The summed E-state index contributed by atoms with van der Waals surface area (Å²) in [5, 5.41) is 0.416. The maximum absolute atomic E-state index is 6.02. The Morgan fingerprint density at radius 1 is 1.38 bits per heavy atom. The van der Waals surface area contributed by atoms with Gasteiger partial charge in [-0.2, -0.15) is 0 Å². The second-order valence-electron chi connectivity index (χ2n) is 4.04. The lowest BCUT2D eigenvalue weighted by atomic mass is 9.95. The third-order valence-corrected chi connectivity index (χ3v) is 3.19. The van der Waals surface area contributed by atoms with Crippen LogP contribution in [-0.2, 0) is 0 Å². The predicted molar refractivity (Wildman–Crippen MR) is 60.3 cm³/mol. The third kappa shape index (κ3) is 4.71. The lowest BCUT2D eigenvalue weighted by Gasteiger charge is -2.16. The number of unbranched alkanes of at least 4 members (excludes halogenated alkanes) is 3. The Morgan fingerprint density at radius 2 is 2.23 bits per heavy atom. The zero-order valence-corrected chi connectivity index (χ0v) is 9.45. The van der Waals surface area contributed by atoms with Gasteiger partial charge in [0.2, 0.25) is 0 Å². The summed E-state index contributed by atoms with van der Waals surface area (Å²) in [6.45, 7) is 2.26.